The van der Waals surface area contributed by atoms with Gasteiger partial charge >= 0.3 is 0 Å². The molecule has 11 aromatic carbocycles. The number of rotatable bonds is 6. The molecule has 0 aliphatic carbocycles. The van der Waals surface area contributed by atoms with Crippen molar-refractivity contribution in [2.24, 2.45) is 0 Å². The molecule has 0 aliphatic rings. The lowest BCUT2D eigenvalue weighted by molar-refractivity contribution is 1.07. The maximum Gasteiger partial charge on any atom is 0.164 e. The molecule has 0 spiro atoms. The van der Waals surface area contributed by atoms with Crippen LogP contribution in [0.15, 0.2) is 231 Å². The second-order valence-corrected chi connectivity index (χ2v) is 18.6. The van der Waals surface area contributed by atoms with Crippen LogP contribution in [0.5, 0.6) is 0 Å². The van der Waals surface area contributed by atoms with Gasteiger partial charge in [-0.15, -0.1) is 11.3 Å². The van der Waals surface area contributed by atoms with Gasteiger partial charge < -0.3 is 4.57 Å². The molecule has 0 radical (unpaired) electrons. The molecule has 3 aromatic heterocycles. The van der Waals surface area contributed by atoms with E-state index in [1.807, 2.05) is 47.7 Å². The summed E-state index contributed by atoms with van der Waals surface area (Å²) >= 11 is 1.81. The van der Waals surface area contributed by atoms with Crippen LogP contribution in [0, 0.1) is 0 Å². The quantitative estimate of drug-likeness (QED) is 0.156. The van der Waals surface area contributed by atoms with Crippen molar-refractivity contribution < 1.29 is 0 Å². The Bertz CT molecular complexity index is 4210. The first kappa shape index (κ1) is 38.5. The molecule has 0 atom stereocenters. The van der Waals surface area contributed by atoms with E-state index in [9.17, 15) is 0 Å². The Morgan fingerprint density at radius 2 is 0.765 bits per heavy atom. The molecule has 316 valence electrons. The van der Waals surface area contributed by atoms with Gasteiger partial charge in [0.05, 0.1) is 11.0 Å². The van der Waals surface area contributed by atoms with Crippen molar-refractivity contribution in [3.05, 3.63) is 231 Å². The molecule has 0 aliphatic heterocycles. The zero-order valence-electron chi connectivity index (χ0n) is 36.6. The minimum atomic E-state index is 0.641. The van der Waals surface area contributed by atoms with Gasteiger partial charge in [-0.05, 0) is 109 Å². The number of benzene rings is 11. The average Bonchev–Trinajstić information content (AvgIpc) is 3.96. The second kappa shape index (κ2) is 15.4. The largest absolute Gasteiger partial charge is 0.309 e. The highest BCUT2D eigenvalue weighted by atomic mass is 32.1. The van der Waals surface area contributed by atoms with Gasteiger partial charge in [0, 0.05) is 53.3 Å². The minimum Gasteiger partial charge on any atom is -0.309 e. The fraction of sp³-hybridized carbons (Fsp3) is 0. The highest BCUT2D eigenvalue weighted by molar-refractivity contribution is 7.26. The van der Waals surface area contributed by atoms with Crippen LogP contribution in [-0.4, -0.2) is 19.5 Å². The highest BCUT2D eigenvalue weighted by Crippen LogP contribution is 2.45. The van der Waals surface area contributed by atoms with E-state index in [-0.39, 0.29) is 0 Å². The van der Waals surface area contributed by atoms with Crippen LogP contribution in [-0.2, 0) is 0 Å². The van der Waals surface area contributed by atoms with E-state index >= 15 is 0 Å². The average molecular weight is 883 g/mol. The minimum absolute atomic E-state index is 0.641. The Balaban J connectivity index is 0.982. The van der Waals surface area contributed by atoms with E-state index in [1.54, 1.807) is 0 Å². The molecule has 0 N–H and O–H groups in total. The molecule has 3 heterocycles. The van der Waals surface area contributed by atoms with Crippen molar-refractivity contribution in [1.82, 2.24) is 19.5 Å². The smallest absolute Gasteiger partial charge is 0.164 e. The third kappa shape index (κ3) is 6.17. The Morgan fingerprint density at radius 1 is 0.279 bits per heavy atom. The lowest BCUT2D eigenvalue weighted by Gasteiger charge is -2.13. The number of para-hydroxylation sites is 1. The predicted molar refractivity (Wildman–Crippen MR) is 287 cm³/mol. The molecule has 68 heavy (non-hydrogen) atoms. The Labute approximate surface area is 395 Å². The van der Waals surface area contributed by atoms with Crippen molar-refractivity contribution in [3.63, 3.8) is 0 Å². The monoisotopic (exact) mass is 882 g/mol. The van der Waals surface area contributed by atoms with Crippen LogP contribution >= 0.6 is 11.3 Å². The molecular formula is C63H38N4S. The van der Waals surface area contributed by atoms with E-state index in [1.165, 1.54) is 74.4 Å². The number of hydrogen-bond donors (Lipinski definition) is 0. The lowest BCUT2D eigenvalue weighted by Crippen LogP contribution is -2.00. The van der Waals surface area contributed by atoms with Crippen molar-refractivity contribution in [2.75, 3.05) is 0 Å². The molecular weight excluding hydrogens is 845 g/mol. The van der Waals surface area contributed by atoms with Gasteiger partial charge in [0.1, 0.15) is 0 Å². The maximum atomic E-state index is 5.18. The summed E-state index contributed by atoms with van der Waals surface area (Å²) in [6.07, 6.45) is 0. The summed E-state index contributed by atoms with van der Waals surface area (Å²) in [6, 6.07) is 83.0. The predicted octanol–water partition coefficient (Wildman–Crippen LogP) is 17.1. The number of fused-ring (bicyclic) bond motifs is 12. The molecule has 0 amide bonds. The van der Waals surface area contributed by atoms with Crippen LogP contribution in [0.1, 0.15) is 0 Å². The third-order valence-electron chi connectivity index (χ3n) is 13.6. The third-order valence-corrected chi connectivity index (χ3v) is 14.7. The molecule has 5 heteroatoms. The van der Waals surface area contributed by atoms with Gasteiger partial charge in [-0.3, -0.25) is 0 Å². The van der Waals surface area contributed by atoms with Crippen LogP contribution in [0.4, 0.5) is 0 Å². The first-order valence-corrected chi connectivity index (χ1v) is 23.8. The van der Waals surface area contributed by atoms with E-state index in [2.05, 4.69) is 199 Å². The summed E-state index contributed by atoms with van der Waals surface area (Å²) in [5.74, 6) is 1.93. The van der Waals surface area contributed by atoms with E-state index in [4.69, 9.17) is 15.0 Å². The summed E-state index contributed by atoms with van der Waals surface area (Å²) in [5.41, 5.74) is 10.9. The molecule has 0 bridgehead atoms. The zero-order chi connectivity index (χ0) is 44.7. The van der Waals surface area contributed by atoms with E-state index in [0.29, 0.717) is 17.5 Å². The molecule has 0 fully saturated rings. The zero-order valence-corrected chi connectivity index (χ0v) is 37.5. The summed E-state index contributed by atoms with van der Waals surface area (Å²) < 4.78 is 4.86. The van der Waals surface area contributed by atoms with Crippen LogP contribution in [0.3, 0.4) is 0 Å². The van der Waals surface area contributed by atoms with Gasteiger partial charge in [-0.1, -0.05) is 176 Å². The Kier molecular flexibility index (Phi) is 8.73. The van der Waals surface area contributed by atoms with Crippen LogP contribution in [0.25, 0.3) is 136 Å². The van der Waals surface area contributed by atoms with Crippen molar-refractivity contribution in [1.29, 1.82) is 0 Å². The van der Waals surface area contributed by atoms with Crippen molar-refractivity contribution in [3.8, 4) is 62.1 Å². The van der Waals surface area contributed by atoms with E-state index < -0.39 is 0 Å². The highest BCUT2D eigenvalue weighted by Gasteiger charge is 2.20. The van der Waals surface area contributed by atoms with Crippen LogP contribution in [0.2, 0.25) is 0 Å². The van der Waals surface area contributed by atoms with Crippen molar-refractivity contribution in [2.45, 2.75) is 0 Å². The fourth-order valence-electron chi connectivity index (χ4n) is 10.5. The Morgan fingerprint density at radius 3 is 1.41 bits per heavy atom. The van der Waals surface area contributed by atoms with Gasteiger partial charge in [0.15, 0.2) is 17.5 Å². The fourth-order valence-corrected chi connectivity index (χ4v) is 11.6. The Hall–Kier alpha value is -8.77. The number of hydrogen-bond acceptors (Lipinski definition) is 4. The summed E-state index contributed by atoms with van der Waals surface area (Å²) in [4.78, 5) is 15.4. The molecule has 4 nitrogen and oxygen atoms in total. The van der Waals surface area contributed by atoms with Gasteiger partial charge in [0.25, 0.3) is 0 Å². The standard InChI is InChI=1S/C63H38N4S/c1-4-16-39(17-5-1)61-64-62(40-18-6-2-7-19-40)66-63(65-61)44-36-53(60-52-26-14-15-27-58(52)68-59(60)38-44)43-30-33-56-55(35-43)51-32-29-42(37-57(51)67(56)45-20-8-3-9-21-45)41-28-31-50-48-24-11-10-22-46(48)47-23-12-13-25-49(47)54(50)34-41/h1-38H. The van der Waals surface area contributed by atoms with Gasteiger partial charge in [0.2, 0.25) is 0 Å². The first-order chi connectivity index (χ1) is 33.7. The molecule has 14 rings (SSSR count). The lowest BCUT2D eigenvalue weighted by atomic mass is 9.92. The number of nitrogens with zero attached hydrogens (tertiary/aromatic N) is 4. The second-order valence-electron chi connectivity index (χ2n) is 17.5. The van der Waals surface area contributed by atoms with E-state index in [0.717, 1.165) is 44.5 Å². The van der Waals surface area contributed by atoms with Gasteiger partial charge in [-0.25, -0.2) is 15.0 Å². The topological polar surface area (TPSA) is 43.6 Å². The molecule has 14 aromatic rings. The first-order valence-electron chi connectivity index (χ1n) is 23.0. The summed E-state index contributed by atoms with van der Waals surface area (Å²) in [6.45, 7) is 0. The summed E-state index contributed by atoms with van der Waals surface area (Å²) in [7, 11) is 0. The maximum absolute atomic E-state index is 5.18. The van der Waals surface area contributed by atoms with Crippen molar-refractivity contribution >= 4 is 85.6 Å². The normalized spacial score (nSPS) is 11.8. The van der Waals surface area contributed by atoms with Gasteiger partial charge in [-0.2, -0.15) is 0 Å². The number of thiophene rings is 1. The molecule has 0 saturated carbocycles. The SMILES string of the molecule is c1ccc(-c2nc(-c3ccccc3)nc(-c3cc(-c4ccc5c(c4)c4ccc(-c6ccc7c8ccccc8c8ccccc8c7c6)cc4n5-c4ccccc4)c4c(c3)sc3ccccc34)n2)cc1. The number of aromatic nitrogens is 4. The molecule has 0 unspecified atom stereocenters. The molecule has 0 saturated heterocycles. The van der Waals surface area contributed by atoms with Crippen LogP contribution < -0.4 is 0 Å². The summed E-state index contributed by atoms with van der Waals surface area (Å²) in [5, 5.41) is 12.5.